The number of rotatable bonds is 2. The van der Waals surface area contributed by atoms with Gasteiger partial charge in [-0.1, -0.05) is 9.93 Å². The van der Waals surface area contributed by atoms with Crippen LogP contribution < -0.4 is 5.32 Å². The molecule has 0 aromatic heterocycles. The fourth-order valence-corrected chi connectivity index (χ4v) is 5.63. The van der Waals surface area contributed by atoms with Crippen LogP contribution in [-0.2, 0) is 20.2 Å². The molecule has 1 aliphatic heterocycles. The third-order valence-corrected chi connectivity index (χ3v) is 8.94. The van der Waals surface area contributed by atoms with Gasteiger partial charge in [0.05, 0.1) is 15.2 Å². The van der Waals surface area contributed by atoms with Crippen LogP contribution in [0, 0.1) is 15.9 Å². The Labute approximate surface area is 170 Å². The molecule has 0 unspecified atom stereocenters. The van der Waals surface area contributed by atoms with E-state index in [2.05, 4.69) is 10.3 Å². The zero-order valence-electron chi connectivity index (χ0n) is 17.7. The molecule has 1 aromatic carbocycles. The molecular formula is C19H28FN3O5S. The maximum atomic E-state index is 14.6. The van der Waals surface area contributed by atoms with Crippen molar-refractivity contribution >= 4 is 27.5 Å². The third-order valence-electron chi connectivity index (χ3n) is 5.13. The Morgan fingerprint density at radius 3 is 2.45 bits per heavy atom. The summed E-state index contributed by atoms with van der Waals surface area (Å²) in [6.45, 7) is 10.0. The summed E-state index contributed by atoms with van der Waals surface area (Å²) in [5.74, 6) is -0.558. The first kappa shape index (κ1) is 22.9. The van der Waals surface area contributed by atoms with E-state index in [1.165, 1.54) is 0 Å². The van der Waals surface area contributed by atoms with Crippen LogP contribution in [0.15, 0.2) is 23.2 Å². The first-order valence-corrected chi connectivity index (χ1v) is 11.4. The summed E-state index contributed by atoms with van der Waals surface area (Å²) in [5, 5.41) is 14.2. The second-order valence-electron chi connectivity index (χ2n) is 9.14. The van der Waals surface area contributed by atoms with E-state index in [1.54, 1.807) is 47.8 Å². The molecule has 1 amide bonds. The first-order valence-electron chi connectivity index (χ1n) is 9.10. The zero-order chi connectivity index (χ0) is 22.4. The van der Waals surface area contributed by atoms with Gasteiger partial charge in [-0.25, -0.2) is 9.18 Å². The fourth-order valence-electron chi connectivity index (χ4n) is 3.22. The summed E-state index contributed by atoms with van der Waals surface area (Å²) in [7, 11) is -3.04. The second-order valence-corrected chi connectivity index (χ2v) is 12.8. The molecule has 1 fully saturated rings. The number of nitrogens with zero attached hydrogens (tertiary/aromatic N) is 2. The van der Waals surface area contributed by atoms with E-state index < -0.39 is 42.7 Å². The third kappa shape index (κ3) is 4.63. The van der Waals surface area contributed by atoms with Crippen LogP contribution in [0.2, 0.25) is 0 Å². The highest BCUT2D eigenvalue weighted by molar-refractivity contribution is 8.04. The van der Waals surface area contributed by atoms with Crippen molar-refractivity contribution in [3.05, 3.63) is 39.7 Å². The van der Waals surface area contributed by atoms with Gasteiger partial charge in [0.2, 0.25) is 0 Å². The number of carbonyl (C=O) groups is 1. The van der Waals surface area contributed by atoms with Gasteiger partial charge in [0.25, 0.3) is 5.69 Å². The van der Waals surface area contributed by atoms with Crippen molar-refractivity contribution < 1.29 is 23.1 Å². The summed E-state index contributed by atoms with van der Waals surface area (Å²) in [6, 6.07) is 3.19. The summed E-state index contributed by atoms with van der Waals surface area (Å²) in [5.41, 5.74) is -2.34. The van der Waals surface area contributed by atoms with Crippen molar-refractivity contribution in [2.45, 2.75) is 57.4 Å². The van der Waals surface area contributed by atoms with Gasteiger partial charge in [-0.3, -0.25) is 14.3 Å². The SMILES string of the molecule is CC(C)(C)OC(=O)/N=C1\N[C@](C)(c2cc([N+](=O)[O-])ccc2F)C[SH](C)(=O)C1(C)C. The molecule has 0 saturated carbocycles. The van der Waals surface area contributed by atoms with Gasteiger partial charge in [0, 0.05) is 23.4 Å². The topological polar surface area (TPSA) is 111 Å². The van der Waals surface area contributed by atoms with Gasteiger partial charge in [-0.2, -0.15) is 4.99 Å². The van der Waals surface area contributed by atoms with Gasteiger partial charge in [0.1, 0.15) is 17.3 Å². The van der Waals surface area contributed by atoms with Crippen molar-refractivity contribution in [3.63, 3.8) is 0 Å². The van der Waals surface area contributed by atoms with E-state index in [0.717, 1.165) is 18.2 Å². The first-order chi connectivity index (χ1) is 13.0. The molecule has 2 rings (SSSR count). The lowest BCUT2D eigenvalue weighted by atomic mass is 9.91. The number of hydrogen-bond acceptors (Lipinski definition) is 5. The number of carbonyl (C=O) groups excluding carboxylic acids is 1. The van der Waals surface area contributed by atoms with Crippen LogP contribution in [-0.4, -0.2) is 43.4 Å². The number of nitrogens with one attached hydrogen (secondary N) is 1. The number of ether oxygens (including phenoxy) is 1. The molecule has 1 N–H and O–H groups in total. The summed E-state index contributed by atoms with van der Waals surface area (Å²) >= 11 is 0. The van der Waals surface area contributed by atoms with E-state index in [-0.39, 0.29) is 22.8 Å². The molecule has 0 bridgehead atoms. The Balaban J connectivity index is 2.59. The van der Waals surface area contributed by atoms with Crippen molar-refractivity contribution in [1.29, 1.82) is 0 Å². The summed E-state index contributed by atoms with van der Waals surface area (Å²) < 4.78 is 32.4. The lowest BCUT2D eigenvalue weighted by Crippen LogP contribution is -2.66. The van der Waals surface area contributed by atoms with Crippen LogP contribution in [0.3, 0.4) is 0 Å². The van der Waals surface area contributed by atoms with Crippen molar-refractivity contribution in [2.24, 2.45) is 4.99 Å². The van der Waals surface area contributed by atoms with Crippen LogP contribution in [0.4, 0.5) is 14.9 Å². The minimum absolute atomic E-state index is 0.0128. The molecule has 0 radical (unpaired) electrons. The predicted octanol–water partition coefficient (Wildman–Crippen LogP) is 3.31. The number of amidine groups is 1. The molecule has 0 aliphatic carbocycles. The number of aliphatic imine (C=N–C) groups is 1. The highest BCUT2D eigenvalue weighted by atomic mass is 32.2. The summed E-state index contributed by atoms with van der Waals surface area (Å²) in [4.78, 5) is 26.8. The van der Waals surface area contributed by atoms with E-state index in [1.807, 2.05) is 0 Å². The maximum Gasteiger partial charge on any atom is 0.435 e. The van der Waals surface area contributed by atoms with Crippen LogP contribution in [0.5, 0.6) is 0 Å². The Bertz CT molecular complexity index is 938. The maximum absolute atomic E-state index is 14.6. The number of benzene rings is 1. The lowest BCUT2D eigenvalue weighted by molar-refractivity contribution is -0.385. The number of amides is 1. The number of nitro benzene ring substituents is 1. The number of hydrogen-bond donors (Lipinski definition) is 2. The fraction of sp³-hybridized carbons (Fsp3) is 0.579. The Morgan fingerprint density at radius 2 is 1.93 bits per heavy atom. The monoisotopic (exact) mass is 429 g/mol. The standard InChI is InChI=1S/C19H28FN3O5S/c1-17(2,3)28-16(24)21-15-18(4,5)29(7,27)11-19(6,22-15)13-10-12(23(25)26)8-9-14(13)20/h8-10,29H,11H2,1-7H3,(H,21,22,24)/t19-/m0/s1. The molecule has 1 atom stereocenters. The van der Waals surface area contributed by atoms with Crippen LogP contribution >= 0.6 is 0 Å². The molecule has 8 nitrogen and oxygen atoms in total. The molecular weight excluding hydrogens is 401 g/mol. The minimum Gasteiger partial charge on any atom is -0.442 e. The Morgan fingerprint density at radius 1 is 1.34 bits per heavy atom. The predicted molar refractivity (Wildman–Crippen MR) is 112 cm³/mol. The molecule has 0 spiro atoms. The van der Waals surface area contributed by atoms with E-state index in [9.17, 15) is 23.5 Å². The van der Waals surface area contributed by atoms with E-state index >= 15 is 0 Å². The smallest absolute Gasteiger partial charge is 0.435 e. The Kier molecular flexibility index (Phi) is 5.66. The van der Waals surface area contributed by atoms with E-state index in [4.69, 9.17) is 4.74 Å². The van der Waals surface area contributed by atoms with Gasteiger partial charge >= 0.3 is 6.09 Å². The minimum atomic E-state index is -3.04. The largest absolute Gasteiger partial charge is 0.442 e. The molecule has 1 saturated heterocycles. The average Bonchev–Trinajstić information content (AvgIpc) is 2.50. The highest BCUT2D eigenvalue weighted by Crippen LogP contribution is 2.39. The van der Waals surface area contributed by atoms with Gasteiger partial charge in [-0.15, -0.1) is 0 Å². The van der Waals surface area contributed by atoms with Crippen LogP contribution in [0.1, 0.15) is 47.1 Å². The molecule has 1 aromatic rings. The van der Waals surface area contributed by atoms with Crippen molar-refractivity contribution in [1.82, 2.24) is 5.32 Å². The molecule has 162 valence electrons. The second kappa shape index (κ2) is 7.16. The zero-order valence-corrected chi connectivity index (χ0v) is 18.6. The molecule has 29 heavy (non-hydrogen) atoms. The molecule has 10 heteroatoms. The van der Waals surface area contributed by atoms with Gasteiger partial charge in [0.15, 0.2) is 0 Å². The molecule has 1 heterocycles. The van der Waals surface area contributed by atoms with Crippen molar-refractivity contribution in [2.75, 3.05) is 12.0 Å². The normalized spacial score (nSPS) is 25.7. The van der Waals surface area contributed by atoms with Gasteiger partial charge in [-0.05, 0) is 53.9 Å². The number of nitro groups is 1. The number of thiol groups is 1. The van der Waals surface area contributed by atoms with Crippen molar-refractivity contribution in [3.8, 4) is 0 Å². The summed E-state index contributed by atoms with van der Waals surface area (Å²) in [6.07, 6.45) is 0.697. The van der Waals surface area contributed by atoms with Gasteiger partial charge < -0.3 is 10.1 Å². The highest BCUT2D eigenvalue weighted by Gasteiger charge is 2.50. The van der Waals surface area contributed by atoms with Crippen LogP contribution in [0.25, 0.3) is 0 Å². The van der Waals surface area contributed by atoms with E-state index in [0.29, 0.717) is 0 Å². The Hall–Kier alpha value is -2.36. The average molecular weight is 430 g/mol. The lowest BCUT2D eigenvalue weighted by Gasteiger charge is -2.50. The molecule has 1 aliphatic rings. The quantitative estimate of drug-likeness (QED) is 0.424. The number of non-ortho nitro benzene ring substituents is 1. The number of halogens is 1.